The molecule has 38 valence electrons. The van der Waals surface area contributed by atoms with Crippen LogP contribution in [0.3, 0.4) is 0 Å². The third kappa shape index (κ3) is 0.928. The monoisotopic (exact) mass is 161 g/mol. The zero-order valence-electron chi connectivity index (χ0n) is 3.48. The van der Waals surface area contributed by atoms with Crippen LogP contribution in [0.2, 0.25) is 0 Å². The van der Waals surface area contributed by atoms with Crippen molar-refractivity contribution in [3.63, 3.8) is 0 Å². The third-order valence-corrected chi connectivity index (χ3v) is 0.973. The van der Waals surface area contributed by atoms with Gasteiger partial charge in [-0.3, -0.25) is 0 Å². The molecule has 0 aliphatic heterocycles. The normalized spacial score (nSPS) is 9.29. The van der Waals surface area contributed by atoms with Crippen molar-refractivity contribution >= 4 is 21.7 Å². The summed E-state index contributed by atoms with van der Waals surface area (Å²) < 4.78 is 0.671. The number of aromatic amines is 1. The fraction of sp³-hybridized carbons (Fsp3) is 0. The van der Waals surface area contributed by atoms with E-state index in [4.69, 9.17) is 5.73 Å². The summed E-state index contributed by atoms with van der Waals surface area (Å²) in [6.07, 6.45) is 1.62. The first-order chi connectivity index (χ1) is 3.29. The van der Waals surface area contributed by atoms with Crippen LogP contribution < -0.4 is 5.73 Å². The van der Waals surface area contributed by atoms with Crippen molar-refractivity contribution < 1.29 is 0 Å². The Kier molecular flexibility index (Phi) is 1.02. The number of anilines is 1. The van der Waals surface area contributed by atoms with Crippen LogP contribution in [0.25, 0.3) is 0 Å². The highest BCUT2D eigenvalue weighted by atomic mass is 79.9. The van der Waals surface area contributed by atoms with Gasteiger partial charge in [0.2, 0.25) is 0 Å². The smallest absolute Gasteiger partial charge is 0.176 e. The second-order valence-corrected chi connectivity index (χ2v) is 1.87. The fourth-order valence-electron chi connectivity index (χ4n) is 0.311. The summed E-state index contributed by atoms with van der Waals surface area (Å²) >= 11 is 3.09. The summed E-state index contributed by atoms with van der Waals surface area (Å²) in [6.45, 7) is 0. The molecule has 0 atom stereocenters. The van der Waals surface area contributed by atoms with Crippen molar-refractivity contribution in [3.8, 4) is 0 Å². The van der Waals surface area contributed by atoms with Gasteiger partial charge in [-0.1, -0.05) is 0 Å². The van der Waals surface area contributed by atoms with Crippen LogP contribution in [0, 0.1) is 0 Å². The minimum absolute atomic E-state index is 0.506. The van der Waals surface area contributed by atoms with Crippen LogP contribution in [0.5, 0.6) is 0 Å². The molecule has 0 saturated carbocycles. The molecule has 7 heavy (non-hydrogen) atoms. The molecule has 0 aromatic carbocycles. The van der Waals surface area contributed by atoms with E-state index in [2.05, 4.69) is 25.9 Å². The SMILES string of the molecule is Nc1c[nH]c(Br)n1. The molecular weight excluding hydrogens is 158 g/mol. The molecule has 1 heterocycles. The lowest BCUT2D eigenvalue weighted by Crippen LogP contribution is -1.80. The van der Waals surface area contributed by atoms with Crippen LogP contribution in [0.4, 0.5) is 5.82 Å². The maximum absolute atomic E-state index is 5.21. The first kappa shape index (κ1) is 4.64. The molecule has 0 saturated heterocycles. The van der Waals surface area contributed by atoms with Gasteiger partial charge in [-0.2, -0.15) is 0 Å². The van der Waals surface area contributed by atoms with Crippen LogP contribution in [0.15, 0.2) is 10.9 Å². The highest BCUT2D eigenvalue weighted by molar-refractivity contribution is 9.10. The number of nitrogen functional groups attached to an aromatic ring is 1. The predicted octanol–water partition coefficient (Wildman–Crippen LogP) is 0.754. The highest BCUT2D eigenvalue weighted by Crippen LogP contribution is 2.02. The third-order valence-electron chi connectivity index (χ3n) is 0.566. The molecule has 0 aliphatic rings. The Labute approximate surface area is 49.1 Å². The average Bonchev–Trinajstić information content (AvgIpc) is 1.87. The van der Waals surface area contributed by atoms with Gasteiger partial charge >= 0.3 is 0 Å². The van der Waals surface area contributed by atoms with Crippen molar-refractivity contribution in [2.24, 2.45) is 0 Å². The van der Waals surface area contributed by atoms with E-state index in [1.54, 1.807) is 6.20 Å². The number of halogens is 1. The summed E-state index contributed by atoms with van der Waals surface area (Å²) in [6, 6.07) is 0. The minimum atomic E-state index is 0.506. The summed E-state index contributed by atoms with van der Waals surface area (Å²) in [5.41, 5.74) is 5.21. The van der Waals surface area contributed by atoms with Crippen molar-refractivity contribution in [2.75, 3.05) is 5.73 Å². The zero-order chi connectivity index (χ0) is 5.28. The molecule has 3 N–H and O–H groups in total. The van der Waals surface area contributed by atoms with E-state index in [0.717, 1.165) is 0 Å². The van der Waals surface area contributed by atoms with Gasteiger partial charge in [0.05, 0.1) is 0 Å². The van der Waals surface area contributed by atoms with Gasteiger partial charge < -0.3 is 10.7 Å². The van der Waals surface area contributed by atoms with Crippen molar-refractivity contribution in [1.29, 1.82) is 0 Å². The van der Waals surface area contributed by atoms with E-state index in [1.807, 2.05) is 0 Å². The van der Waals surface area contributed by atoms with Crippen LogP contribution >= 0.6 is 15.9 Å². The Morgan fingerprint density at radius 2 is 2.57 bits per heavy atom. The van der Waals surface area contributed by atoms with E-state index < -0.39 is 0 Å². The van der Waals surface area contributed by atoms with Gasteiger partial charge in [0, 0.05) is 6.20 Å². The van der Waals surface area contributed by atoms with Gasteiger partial charge in [-0.05, 0) is 15.9 Å². The van der Waals surface area contributed by atoms with Crippen molar-refractivity contribution in [2.45, 2.75) is 0 Å². The largest absolute Gasteiger partial charge is 0.382 e. The molecular formula is C3H4BrN3. The summed E-state index contributed by atoms with van der Waals surface area (Å²) in [5.74, 6) is 0.506. The average molecular weight is 162 g/mol. The number of hydrogen-bond donors (Lipinski definition) is 2. The summed E-state index contributed by atoms with van der Waals surface area (Å²) in [5, 5.41) is 0. The van der Waals surface area contributed by atoms with E-state index in [0.29, 0.717) is 10.6 Å². The first-order valence-corrected chi connectivity index (χ1v) is 2.55. The minimum Gasteiger partial charge on any atom is -0.382 e. The number of nitrogens with one attached hydrogen (secondary N) is 1. The Morgan fingerprint density at radius 1 is 1.86 bits per heavy atom. The summed E-state index contributed by atoms with van der Waals surface area (Å²) in [4.78, 5) is 6.50. The number of H-pyrrole nitrogens is 1. The lowest BCUT2D eigenvalue weighted by Gasteiger charge is -1.70. The lowest BCUT2D eigenvalue weighted by atomic mass is 10.8. The molecule has 1 aromatic heterocycles. The molecule has 0 bridgehead atoms. The molecule has 1 aromatic rings. The Morgan fingerprint density at radius 3 is 2.71 bits per heavy atom. The molecule has 0 amide bonds. The molecule has 0 spiro atoms. The quantitative estimate of drug-likeness (QED) is 0.591. The number of rotatable bonds is 0. The molecule has 0 aliphatic carbocycles. The topological polar surface area (TPSA) is 54.7 Å². The molecule has 0 radical (unpaired) electrons. The van der Waals surface area contributed by atoms with Crippen molar-refractivity contribution in [1.82, 2.24) is 9.97 Å². The molecule has 0 unspecified atom stereocenters. The first-order valence-electron chi connectivity index (χ1n) is 1.75. The van der Waals surface area contributed by atoms with Gasteiger partial charge in [0.15, 0.2) is 4.73 Å². The predicted molar refractivity (Wildman–Crippen MR) is 30.7 cm³/mol. The molecule has 3 nitrogen and oxygen atoms in total. The van der Waals surface area contributed by atoms with Gasteiger partial charge in [-0.15, -0.1) is 0 Å². The van der Waals surface area contributed by atoms with E-state index in [9.17, 15) is 0 Å². The van der Waals surface area contributed by atoms with Crippen LogP contribution in [-0.4, -0.2) is 9.97 Å². The fourth-order valence-corrected chi connectivity index (χ4v) is 0.631. The lowest BCUT2D eigenvalue weighted by molar-refractivity contribution is 1.24. The van der Waals surface area contributed by atoms with Gasteiger partial charge in [-0.25, -0.2) is 4.98 Å². The maximum atomic E-state index is 5.21. The molecule has 0 fully saturated rings. The van der Waals surface area contributed by atoms with E-state index >= 15 is 0 Å². The molecule has 1 rings (SSSR count). The van der Waals surface area contributed by atoms with Gasteiger partial charge in [0.25, 0.3) is 0 Å². The standard InChI is InChI=1S/C3H4BrN3/c4-3-6-1-2(5)7-3/h1H,5H2,(H,6,7). The number of imidazole rings is 1. The number of nitrogens with zero attached hydrogens (tertiary/aromatic N) is 1. The van der Waals surface area contributed by atoms with Crippen molar-refractivity contribution in [3.05, 3.63) is 10.9 Å². The Bertz CT molecular complexity index is 142. The number of hydrogen-bond acceptors (Lipinski definition) is 2. The highest BCUT2D eigenvalue weighted by Gasteiger charge is 1.86. The van der Waals surface area contributed by atoms with Gasteiger partial charge in [0.1, 0.15) is 5.82 Å². The Balaban J connectivity index is 3.04. The number of aromatic nitrogens is 2. The van der Waals surface area contributed by atoms with E-state index in [-0.39, 0.29) is 0 Å². The molecule has 4 heteroatoms. The van der Waals surface area contributed by atoms with E-state index in [1.165, 1.54) is 0 Å². The second-order valence-electron chi connectivity index (χ2n) is 1.12. The zero-order valence-corrected chi connectivity index (χ0v) is 5.07. The van der Waals surface area contributed by atoms with Crippen LogP contribution in [0.1, 0.15) is 0 Å². The maximum Gasteiger partial charge on any atom is 0.176 e. The summed E-state index contributed by atoms with van der Waals surface area (Å²) in [7, 11) is 0. The van der Waals surface area contributed by atoms with Crippen LogP contribution in [-0.2, 0) is 0 Å². The number of nitrogens with two attached hydrogens (primary N) is 1. The second kappa shape index (κ2) is 1.54. The Hall–Kier alpha value is -0.510.